The van der Waals surface area contributed by atoms with Crippen molar-refractivity contribution >= 4 is 39.7 Å². The molecule has 3 aromatic rings. The molecule has 1 aliphatic heterocycles. The largest absolute Gasteiger partial charge is 0.495 e. The summed E-state index contributed by atoms with van der Waals surface area (Å²) >= 11 is 5.98. The second kappa shape index (κ2) is 10.1. The molecule has 0 bridgehead atoms. The zero-order valence-corrected chi connectivity index (χ0v) is 20.3. The van der Waals surface area contributed by atoms with Crippen LogP contribution in [-0.2, 0) is 22.9 Å². The first-order chi connectivity index (χ1) is 14.9. The summed E-state index contributed by atoms with van der Waals surface area (Å²) in [4.78, 5) is 0.210. The van der Waals surface area contributed by atoms with E-state index in [1.54, 1.807) is 19.2 Å². The van der Waals surface area contributed by atoms with Crippen molar-refractivity contribution in [2.75, 3.05) is 24.9 Å². The Bertz CT molecular complexity index is 1210. The molecule has 0 saturated heterocycles. The molecule has 1 aliphatic rings. The summed E-state index contributed by atoms with van der Waals surface area (Å²) in [5, 5.41) is 4.03. The highest BCUT2D eigenvalue weighted by molar-refractivity contribution is 7.92. The van der Waals surface area contributed by atoms with E-state index in [0.717, 1.165) is 48.2 Å². The fraction of sp³-hybridized carbons (Fsp3) is 0.250. The van der Waals surface area contributed by atoms with Crippen molar-refractivity contribution in [1.82, 2.24) is 5.32 Å². The molecule has 8 heteroatoms. The lowest BCUT2D eigenvalue weighted by Crippen LogP contribution is -2.16. The predicted molar refractivity (Wildman–Crippen MR) is 133 cm³/mol. The molecule has 0 aliphatic carbocycles. The molecule has 5 nitrogen and oxygen atoms in total. The summed E-state index contributed by atoms with van der Waals surface area (Å²) in [5.41, 5.74) is 5.60. The number of methoxy groups -OCH3 is 1. The molecule has 4 rings (SSSR count). The number of ether oxygens (including phenoxy) is 1. The van der Waals surface area contributed by atoms with Gasteiger partial charge in [-0.3, -0.25) is 4.72 Å². The molecule has 0 aromatic heterocycles. The number of anilines is 1. The van der Waals surface area contributed by atoms with Crippen LogP contribution in [0.4, 0.5) is 5.69 Å². The Hall–Kier alpha value is -2.25. The van der Waals surface area contributed by atoms with Crippen molar-refractivity contribution < 1.29 is 13.2 Å². The first-order valence-corrected chi connectivity index (χ1v) is 12.0. The minimum Gasteiger partial charge on any atom is -0.495 e. The number of hydrogen-bond acceptors (Lipinski definition) is 4. The zero-order chi connectivity index (χ0) is 22.0. The van der Waals surface area contributed by atoms with Gasteiger partial charge in [0.05, 0.1) is 17.7 Å². The number of nitrogens with one attached hydrogen (secondary N) is 2. The maximum absolute atomic E-state index is 13.2. The fourth-order valence-corrected chi connectivity index (χ4v) is 5.18. The molecular weight excluding hydrogens is 467 g/mol. The highest BCUT2D eigenvalue weighted by atomic mass is 35.5. The van der Waals surface area contributed by atoms with Crippen LogP contribution in [0.2, 0.25) is 5.02 Å². The Kier molecular flexibility index (Phi) is 7.72. The molecule has 3 aromatic carbocycles. The van der Waals surface area contributed by atoms with Crippen LogP contribution < -0.4 is 14.8 Å². The average Bonchev–Trinajstić information content (AvgIpc) is 2.98. The zero-order valence-electron chi connectivity index (χ0n) is 17.9. The number of fused-ring (bicyclic) bond motifs is 1. The summed E-state index contributed by atoms with van der Waals surface area (Å²) < 4.78 is 34.5. The topological polar surface area (TPSA) is 67.4 Å². The Morgan fingerprint density at radius 2 is 1.62 bits per heavy atom. The number of aryl methyl sites for hydroxylation is 1. The van der Waals surface area contributed by atoms with E-state index in [2.05, 4.69) is 10.0 Å². The monoisotopic (exact) mass is 492 g/mol. The van der Waals surface area contributed by atoms with Crippen molar-refractivity contribution in [1.29, 1.82) is 0 Å². The van der Waals surface area contributed by atoms with Gasteiger partial charge < -0.3 is 10.1 Å². The SMILES string of the molecule is COc1cc2c(cc1NS(=O)(=O)c1ccc(-c3ccc(Cl)cc3)c(C)c1)CCNCC2.Cl. The number of halogens is 2. The van der Waals surface area contributed by atoms with Gasteiger partial charge in [0, 0.05) is 5.02 Å². The molecule has 0 fully saturated rings. The summed E-state index contributed by atoms with van der Waals surface area (Å²) in [6, 6.07) is 16.5. The van der Waals surface area contributed by atoms with Crippen LogP contribution in [0.5, 0.6) is 5.75 Å². The van der Waals surface area contributed by atoms with E-state index in [-0.39, 0.29) is 17.3 Å². The van der Waals surface area contributed by atoms with Crippen molar-refractivity contribution in [3.63, 3.8) is 0 Å². The second-order valence-corrected chi connectivity index (χ2v) is 9.78. The number of hydrogen-bond donors (Lipinski definition) is 2. The molecule has 0 atom stereocenters. The second-order valence-electron chi connectivity index (χ2n) is 7.66. The normalized spacial score (nSPS) is 13.5. The third-order valence-electron chi connectivity index (χ3n) is 5.57. The Morgan fingerprint density at radius 1 is 0.969 bits per heavy atom. The van der Waals surface area contributed by atoms with E-state index in [4.69, 9.17) is 16.3 Å². The molecule has 0 radical (unpaired) electrons. The lowest BCUT2D eigenvalue weighted by atomic mass is 10.0. The predicted octanol–water partition coefficient (Wildman–Crippen LogP) is 5.23. The van der Waals surface area contributed by atoms with Gasteiger partial charge in [-0.1, -0.05) is 29.8 Å². The lowest BCUT2D eigenvalue weighted by molar-refractivity contribution is 0.416. The van der Waals surface area contributed by atoms with Gasteiger partial charge in [0.2, 0.25) is 0 Å². The molecule has 0 saturated carbocycles. The summed E-state index contributed by atoms with van der Waals surface area (Å²) in [5.74, 6) is 0.527. The van der Waals surface area contributed by atoms with E-state index < -0.39 is 10.0 Å². The van der Waals surface area contributed by atoms with Gasteiger partial charge >= 0.3 is 0 Å². The third kappa shape index (κ3) is 5.21. The van der Waals surface area contributed by atoms with Gasteiger partial charge in [-0.2, -0.15) is 0 Å². The first kappa shape index (κ1) is 24.4. The van der Waals surface area contributed by atoms with Crippen molar-refractivity contribution in [2.45, 2.75) is 24.7 Å². The molecule has 170 valence electrons. The summed E-state index contributed by atoms with van der Waals surface area (Å²) in [6.07, 6.45) is 1.74. The maximum atomic E-state index is 13.2. The molecule has 0 amide bonds. The van der Waals surface area contributed by atoms with Gasteiger partial charge in [0.25, 0.3) is 10.0 Å². The highest BCUT2D eigenvalue weighted by Crippen LogP contribution is 2.33. The van der Waals surface area contributed by atoms with Gasteiger partial charge in [-0.25, -0.2) is 8.42 Å². The van der Waals surface area contributed by atoms with Crippen LogP contribution in [0.15, 0.2) is 59.5 Å². The van der Waals surface area contributed by atoms with Crippen LogP contribution >= 0.6 is 24.0 Å². The summed E-state index contributed by atoms with van der Waals surface area (Å²) in [6.45, 7) is 3.68. The number of rotatable bonds is 5. The van der Waals surface area contributed by atoms with Crippen molar-refractivity contribution in [3.8, 4) is 16.9 Å². The lowest BCUT2D eigenvalue weighted by Gasteiger charge is -2.16. The van der Waals surface area contributed by atoms with Crippen molar-refractivity contribution in [2.24, 2.45) is 0 Å². The molecule has 2 N–H and O–H groups in total. The fourth-order valence-electron chi connectivity index (χ4n) is 3.91. The number of benzene rings is 3. The molecular formula is C24H26Cl2N2O3S. The minimum absolute atomic E-state index is 0. The Morgan fingerprint density at radius 3 is 2.25 bits per heavy atom. The first-order valence-electron chi connectivity index (χ1n) is 10.2. The Balaban J connectivity index is 0.00000289. The Labute approximate surface area is 200 Å². The molecule has 32 heavy (non-hydrogen) atoms. The van der Waals surface area contributed by atoms with E-state index in [0.29, 0.717) is 16.5 Å². The smallest absolute Gasteiger partial charge is 0.262 e. The highest BCUT2D eigenvalue weighted by Gasteiger charge is 2.20. The van der Waals surface area contributed by atoms with Crippen LogP contribution in [0.25, 0.3) is 11.1 Å². The van der Waals surface area contributed by atoms with Gasteiger partial charge in [0.1, 0.15) is 5.75 Å². The van der Waals surface area contributed by atoms with Crippen LogP contribution in [-0.4, -0.2) is 28.6 Å². The van der Waals surface area contributed by atoms with E-state index in [1.807, 2.05) is 49.4 Å². The van der Waals surface area contributed by atoms with Crippen LogP contribution in [0.3, 0.4) is 0 Å². The molecule has 0 unspecified atom stereocenters. The molecule has 1 heterocycles. The quantitative estimate of drug-likeness (QED) is 0.511. The van der Waals surface area contributed by atoms with Crippen LogP contribution in [0.1, 0.15) is 16.7 Å². The van der Waals surface area contributed by atoms with Crippen molar-refractivity contribution in [3.05, 3.63) is 76.3 Å². The summed E-state index contributed by atoms with van der Waals surface area (Å²) in [7, 11) is -2.22. The molecule has 0 spiro atoms. The van der Waals surface area contributed by atoms with Gasteiger partial charge in [-0.05, 0) is 97.1 Å². The number of sulfonamides is 1. The van der Waals surface area contributed by atoms with Crippen LogP contribution in [0, 0.1) is 6.92 Å². The van der Waals surface area contributed by atoms with E-state index in [1.165, 1.54) is 5.56 Å². The van der Waals surface area contributed by atoms with Gasteiger partial charge in [0.15, 0.2) is 0 Å². The average molecular weight is 493 g/mol. The standard InChI is InChI=1S/C24H25ClN2O3S.ClH/c1-16-13-21(7-8-22(16)17-3-5-20(25)6-4-17)31(28,29)27-23-14-18-9-11-26-12-10-19(18)15-24(23)30-2;/h3-8,13-15,26-27H,9-12H2,1-2H3;1H. The maximum Gasteiger partial charge on any atom is 0.262 e. The third-order valence-corrected chi connectivity index (χ3v) is 7.19. The van der Waals surface area contributed by atoms with E-state index in [9.17, 15) is 8.42 Å². The minimum atomic E-state index is -3.78. The van der Waals surface area contributed by atoms with E-state index >= 15 is 0 Å². The van der Waals surface area contributed by atoms with Gasteiger partial charge in [-0.15, -0.1) is 12.4 Å².